The predicted molar refractivity (Wildman–Crippen MR) is 105 cm³/mol. The van der Waals surface area contributed by atoms with Gasteiger partial charge in [0.2, 0.25) is 5.95 Å². The number of nitrogens with zero attached hydrogens (tertiary/aromatic N) is 3. The first-order chi connectivity index (χ1) is 13.7. The van der Waals surface area contributed by atoms with Gasteiger partial charge in [0.1, 0.15) is 5.82 Å². The minimum Gasteiger partial charge on any atom is -0.351 e. The molecule has 28 heavy (non-hydrogen) atoms. The third-order valence-corrected chi connectivity index (χ3v) is 4.81. The van der Waals surface area contributed by atoms with Gasteiger partial charge in [0.15, 0.2) is 11.6 Å². The minimum atomic E-state index is -0.942. The lowest BCUT2D eigenvalue weighted by atomic mass is 9.96. The molecule has 0 amide bonds. The first-order valence-electron chi connectivity index (χ1n) is 9.47. The van der Waals surface area contributed by atoms with E-state index in [1.165, 1.54) is 31.4 Å². The highest BCUT2D eigenvalue weighted by atomic mass is 19.2. The Kier molecular flexibility index (Phi) is 5.41. The van der Waals surface area contributed by atoms with Crippen LogP contribution in [0.15, 0.2) is 48.7 Å². The van der Waals surface area contributed by atoms with Crippen molar-refractivity contribution in [2.24, 2.45) is 0 Å². The van der Waals surface area contributed by atoms with Gasteiger partial charge in [-0.25, -0.2) is 13.8 Å². The van der Waals surface area contributed by atoms with Crippen LogP contribution in [0.2, 0.25) is 0 Å². The smallest absolute Gasteiger partial charge is 0.225 e. The molecule has 0 saturated heterocycles. The second-order valence-corrected chi connectivity index (χ2v) is 6.88. The Morgan fingerprint density at radius 2 is 1.75 bits per heavy atom. The van der Waals surface area contributed by atoms with Crippen LogP contribution in [0.5, 0.6) is 0 Å². The van der Waals surface area contributed by atoms with Crippen molar-refractivity contribution in [3.05, 3.63) is 60.3 Å². The Bertz CT molecular complexity index is 943. The molecule has 5 nitrogen and oxygen atoms in total. The molecule has 0 spiro atoms. The van der Waals surface area contributed by atoms with Gasteiger partial charge in [0.05, 0.1) is 17.1 Å². The van der Waals surface area contributed by atoms with E-state index < -0.39 is 11.6 Å². The Morgan fingerprint density at radius 3 is 2.54 bits per heavy atom. The summed E-state index contributed by atoms with van der Waals surface area (Å²) >= 11 is 0. The Hall–Kier alpha value is -3.09. The molecular weight excluding hydrogens is 360 g/mol. The summed E-state index contributed by atoms with van der Waals surface area (Å²) in [5.74, 6) is -1.03. The number of anilines is 3. The molecule has 2 aromatic heterocycles. The molecule has 144 valence electrons. The predicted octanol–water partition coefficient (Wildman–Crippen LogP) is 5.31. The lowest BCUT2D eigenvalue weighted by Gasteiger charge is -2.23. The van der Waals surface area contributed by atoms with Crippen LogP contribution in [0, 0.1) is 11.6 Å². The maximum Gasteiger partial charge on any atom is 0.225 e. The van der Waals surface area contributed by atoms with E-state index in [4.69, 9.17) is 0 Å². The SMILES string of the molecule is Fc1cccc(Nc2cc(-c3ccccn3)nc(NC3CCCCC3)n2)c1F. The van der Waals surface area contributed by atoms with Crippen molar-refractivity contribution in [1.82, 2.24) is 15.0 Å². The van der Waals surface area contributed by atoms with Crippen LogP contribution >= 0.6 is 0 Å². The molecule has 1 fully saturated rings. The Morgan fingerprint density at radius 1 is 0.893 bits per heavy atom. The summed E-state index contributed by atoms with van der Waals surface area (Å²) in [7, 11) is 0. The monoisotopic (exact) mass is 381 g/mol. The van der Waals surface area contributed by atoms with Gasteiger partial charge in [0, 0.05) is 18.3 Å². The molecule has 0 atom stereocenters. The lowest BCUT2D eigenvalue weighted by molar-refractivity contribution is 0.461. The normalized spacial score (nSPS) is 14.6. The van der Waals surface area contributed by atoms with Gasteiger partial charge in [-0.3, -0.25) is 4.98 Å². The van der Waals surface area contributed by atoms with E-state index in [0.29, 0.717) is 29.2 Å². The maximum absolute atomic E-state index is 14.1. The van der Waals surface area contributed by atoms with Gasteiger partial charge in [-0.15, -0.1) is 0 Å². The number of hydrogen-bond acceptors (Lipinski definition) is 5. The third-order valence-electron chi connectivity index (χ3n) is 4.81. The molecule has 0 bridgehead atoms. The number of halogens is 2. The van der Waals surface area contributed by atoms with Crippen LogP contribution in [0.1, 0.15) is 32.1 Å². The molecule has 1 aliphatic rings. The number of pyridine rings is 1. The highest BCUT2D eigenvalue weighted by Crippen LogP contribution is 2.26. The summed E-state index contributed by atoms with van der Waals surface area (Å²) in [5, 5.41) is 6.25. The van der Waals surface area contributed by atoms with Gasteiger partial charge in [-0.2, -0.15) is 4.98 Å². The van der Waals surface area contributed by atoms with Gasteiger partial charge < -0.3 is 10.6 Å². The quantitative estimate of drug-likeness (QED) is 0.627. The number of benzene rings is 1. The molecule has 1 aromatic carbocycles. The molecule has 1 aliphatic carbocycles. The van der Waals surface area contributed by atoms with E-state index in [2.05, 4.69) is 25.6 Å². The molecular formula is C21H21F2N5. The molecule has 2 N–H and O–H groups in total. The van der Waals surface area contributed by atoms with Crippen molar-refractivity contribution in [2.45, 2.75) is 38.1 Å². The highest BCUT2D eigenvalue weighted by molar-refractivity contribution is 5.65. The number of nitrogens with one attached hydrogen (secondary N) is 2. The number of hydrogen-bond donors (Lipinski definition) is 2. The van der Waals surface area contributed by atoms with E-state index in [1.807, 2.05) is 18.2 Å². The Labute approximate surface area is 162 Å². The first-order valence-corrected chi connectivity index (χ1v) is 9.47. The molecule has 4 rings (SSSR count). The molecule has 0 unspecified atom stereocenters. The first kappa shape index (κ1) is 18.3. The molecule has 0 radical (unpaired) electrons. The zero-order chi connectivity index (χ0) is 19.3. The summed E-state index contributed by atoms with van der Waals surface area (Å²) in [6.07, 6.45) is 7.43. The van der Waals surface area contributed by atoms with Crippen LogP contribution in [-0.2, 0) is 0 Å². The second kappa shape index (κ2) is 8.29. The minimum absolute atomic E-state index is 0.0225. The van der Waals surface area contributed by atoms with Crippen LogP contribution in [0.3, 0.4) is 0 Å². The number of aromatic nitrogens is 3. The van der Waals surface area contributed by atoms with Crippen LogP contribution < -0.4 is 10.6 Å². The van der Waals surface area contributed by atoms with E-state index >= 15 is 0 Å². The van der Waals surface area contributed by atoms with Crippen molar-refractivity contribution < 1.29 is 8.78 Å². The fourth-order valence-corrected chi connectivity index (χ4v) is 3.39. The van der Waals surface area contributed by atoms with Crippen LogP contribution in [0.25, 0.3) is 11.4 Å². The Balaban J connectivity index is 1.68. The molecule has 1 saturated carbocycles. The molecule has 0 aliphatic heterocycles. The summed E-state index contributed by atoms with van der Waals surface area (Å²) in [6, 6.07) is 11.5. The summed E-state index contributed by atoms with van der Waals surface area (Å²) in [6.45, 7) is 0. The number of rotatable bonds is 5. The largest absolute Gasteiger partial charge is 0.351 e. The van der Waals surface area contributed by atoms with Crippen molar-refractivity contribution in [3.63, 3.8) is 0 Å². The van der Waals surface area contributed by atoms with E-state index in [9.17, 15) is 8.78 Å². The van der Waals surface area contributed by atoms with Gasteiger partial charge >= 0.3 is 0 Å². The van der Waals surface area contributed by atoms with E-state index in [1.54, 1.807) is 12.3 Å². The standard InChI is InChI=1S/C21H21F2N5/c22-15-9-6-11-17(20(15)23)26-19-13-18(16-10-4-5-12-24-16)27-21(28-19)25-14-7-2-1-3-8-14/h4-6,9-14H,1-3,7-8H2,(H2,25,26,27,28). The van der Waals surface area contributed by atoms with Crippen molar-refractivity contribution in [2.75, 3.05) is 10.6 Å². The van der Waals surface area contributed by atoms with E-state index in [0.717, 1.165) is 18.9 Å². The average Bonchev–Trinajstić information content (AvgIpc) is 2.73. The highest BCUT2D eigenvalue weighted by Gasteiger charge is 2.16. The molecule has 3 aromatic rings. The van der Waals surface area contributed by atoms with Gasteiger partial charge in [0.25, 0.3) is 0 Å². The van der Waals surface area contributed by atoms with Crippen molar-refractivity contribution in [3.8, 4) is 11.4 Å². The fourth-order valence-electron chi connectivity index (χ4n) is 3.39. The van der Waals surface area contributed by atoms with Crippen molar-refractivity contribution in [1.29, 1.82) is 0 Å². The molecule has 7 heteroatoms. The van der Waals surface area contributed by atoms with Crippen LogP contribution in [0.4, 0.5) is 26.2 Å². The zero-order valence-corrected chi connectivity index (χ0v) is 15.3. The van der Waals surface area contributed by atoms with Gasteiger partial charge in [-0.1, -0.05) is 31.4 Å². The lowest BCUT2D eigenvalue weighted by Crippen LogP contribution is -2.23. The second-order valence-electron chi connectivity index (χ2n) is 6.88. The molecule has 2 heterocycles. The van der Waals surface area contributed by atoms with Crippen molar-refractivity contribution >= 4 is 17.5 Å². The van der Waals surface area contributed by atoms with Crippen LogP contribution in [-0.4, -0.2) is 21.0 Å². The average molecular weight is 381 g/mol. The van der Waals surface area contributed by atoms with Gasteiger partial charge in [-0.05, 0) is 37.1 Å². The maximum atomic E-state index is 14.1. The third kappa shape index (κ3) is 4.24. The van der Waals surface area contributed by atoms with E-state index in [-0.39, 0.29) is 5.69 Å². The summed E-state index contributed by atoms with van der Waals surface area (Å²) in [4.78, 5) is 13.4. The summed E-state index contributed by atoms with van der Waals surface area (Å²) in [5.41, 5.74) is 1.31. The zero-order valence-electron chi connectivity index (χ0n) is 15.3. The summed E-state index contributed by atoms with van der Waals surface area (Å²) < 4.78 is 27.6. The fraction of sp³-hybridized carbons (Fsp3) is 0.286. The topological polar surface area (TPSA) is 62.7 Å².